The highest BCUT2D eigenvalue weighted by atomic mass is 32.3. The first kappa shape index (κ1) is 12.9. The third-order valence-electron chi connectivity index (χ3n) is 1.31. The van der Waals surface area contributed by atoms with Gasteiger partial charge in [0.15, 0.2) is 0 Å². The van der Waals surface area contributed by atoms with Crippen LogP contribution in [-0.2, 0) is 10.4 Å². The Balaban J connectivity index is 0.000000292. The normalized spacial score (nSPS) is 10.4. The summed E-state index contributed by atoms with van der Waals surface area (Å²) in [6, 6.07) is 0. The van der Waals surface area contributed by atoms with Gasteiger partial charge in [-0.25, -0.2) is 0 Å². The summed E-state index contributed by atoms with van der Waals surface area (Å²) in [5.41, 5.74) is 3.02. The molecule has 0 aromatic carbocycles. The van der Waals surface area contributed by atoms with Gasteiger partial charge in [-0.05, 0) is 20.8 Å². The lowest BCUT2D eigenvalue weighted by Gasteiger charge is -1.96. The average molecular weight is 220 g/mol. The molecule has 1 aromatic heterocycles. The van der Waals surface area contributed by atoms with Gasteiger partial charge in [0.1, 0.15) is 0 Å². The zero-order chi connectivity index (χ0) is 11.4. The van der Waals surface area contributed by atoms with Gasteiger partial charge < -0.3 is 0 Å². The minimum atomic E-state index is -4.67. The van der Waals surface area contributed by atoms with Gasteiger partial charge in [0.25, 0.3) is 0 Å². The minimum absolute atomic E-state index is 0.984. The fraction of sp³-hybridized carbons (Fsp3) is 0.429. The lowest BCUT2D eigenvalue weighted by Crippen LogP contribution is -1.92. The predicted molar refractivity (Wildman–Crippen MR) is 50.4 cm³/mol. The highest BCUT2D eigenvalue weighted by molar-refractivity contribution is 7.79. The van der Waals surface area contributed by atoms with Crippen LogP contribution in [0.1, 0.15) is 17.1 Å². The Morgan fingerprint density at radius 3 is 1.86 bits per heavy atom. The second kappa shape index (κ2) is 4.99. The first-order valence-corrected chi connectivity index (χ1v) is 5.06. The predicted octanol–water partition coefficient (Wildman–Crippen LogP) is 0.749. The SMILES string of the molecule is Cc1cnc(C)c(C)n1.O=S(=O)(O)O. The number of rotatable bonds is 0. The fourth-order valence-electron chi connectivity index (χ4n) is 0.658. The molecule has 0 saturated heterocycles. The Bertz CT molecular complexity index is 394. The van der Waals surface area contributed by atoms with E-state index in [1.165, 1.54) is 0 Å². The second-order valence-electron chi connectivity index (χ2n) is 2.63. The summed E-state index contributed by atoms with van der Waals surface area (Å²) in [4.78, 5) is 8.33. The largest absolute Gasteiger partial charge is 0.394 e. The Morgan fingerprint density at radius 1 is 1.14 bits per heavy atom. The van der Waals surface area contributed by atoms with E-state index in [0.29, 0.717) is 0 Å². The quantitative estimate of drug-likeness (QED) is 0.626. The summed E-state index contributed by atoms with van der Waals surface area (Å²) in [6.07, 6.45) is 1.78. The van der Waals surface area contributed by atoms with E-state index in [4.69, 9.17) is 17.5 Å². The molecule has 1 aromatic rings. The van der Waals surface area contributed by atoms with Crippen molar-refractivity contribution >= 4 is 10.4 Å². The first-order chi connectivity index (χ1) is 6.20. The molecule has 0 bridgehead atoms. The summed E-state index contributed by atoms with van der Waals surface area (Å²) in [7, 11) is -4.67. The average Bonchev–Trinajstić information content (AvgIpc) is 1.94. The van der Waals surface area contributed by atoms with E-state index < -0.39 is 10.4 Å². The van der Waals surface area contributed by atoms with E-state index >= 15 is 0 Å². The molecule has 7 heteroatoms. The minimum Gasteiger partial charge on any atom is -0.264 e. The van der Waals surface area contributed by atoms with Crippen molar-refractivity contribution < 1.29 is 17.5 Å². The smallest absolute Gasteiger partial charge is 0.264 e. The number of aryl methyl sites for hydroxylation is 3. The maximum absolute atomic E-state index is 8.74. The number of hydrogen-bond donors (Lipinski definition) is 2. The third-order valence-corrected chi connectivity index (χ3v) is 1.31. The molecule has 0 radical (unpaired) electrons. The van der Waals surface area contributed by atoms with Crippen LogP contribution in [0.2, 0.25) is 0 Å². The van der Waals surface area contributed by atoms with Gasteiger partial charge in [-0.3, -0.25) is 19.1 Å². The Labute approximate surface area is 82.6 Å². The molecule has 0 aliphatic carbocycles. The number of nitrogens with zero attached hydrogens (tertiary/aromatic N) is 2. The Kier molecular flexibility index (Phi) is 4.61. The molecule has 0 amide bonds. The summed E-state index contributed by atoms with van der Waals surface area (Å²) >= 11 is 0. The second-order valence-corrected chi connectivity index (χ2v) is 3.53. The van der Waals surface area contributed by atoms with Crippen molar-refractivity contribution in [1.29, 1.82) is 0 Å². The van der Waals surface area contributed by atoms with Gasteiger partial charge in [-0.15, -0.1) is 0 Å². The topological polar surface area (TPSA) is 100 Å². The summed E-state index contributed by atoms with van der Waals surface area (Å²) in [5, 5.41) is 0. The van der Waals surface area contributed by atoms with Crippen molar-refractivity contribution in [2.75, 3.05) is 0 Å². The molecule has 0 saturated carbocycles. The van der Waals surface area contributed by atoms with Crippen molar-refractivity contribution in [3.05, 3.63) is 23.3 Å². The molecule has 6 nitrogen and oxygen atoms in total. The van der Waals surface area contributed by atoms with E-state index in [1.54, 1.807) is 6.20 Å². The van der Waals surface area contributed by atoms with E-state index in [9.17, 15) is 0 Å². The highest BCUT2D eigenvalue weighted by Crippen LogP contribution is 1.98. The molecule has 0 aliphatic heterocycles. The molecule has 0 atom stereocenters. The van der Waals surface area contributed by atoms with Crippen molar-refractivity contribution in [2.45, 2.75) is 20.8 Å². The molecular weight excluding hydrogens is 208 g/mol. The molecule has 0 aliphatic rings. The van der Waals surface area contributed by atoms with Crippen LogP contribution in [0.25, 0.3) is 0 Å². The van der Waals surface area contributed by atoms with Gasteiger partial charge in [-0.1, -0.05) is 0 Å². The van der Waals surface area contributed by atoms with Crippen LogP contribution in [-0.4, -0.2) is 27.5 Å². The van der Waals surface area contributed by atoms with Crippen LogP contribution in [0.4, 0.5) is 0 Å². The Morgan fingerprint density at radius 2 is 1.57 bits per heavy atom. The summed E-state index contributed by atoms with van der Waals surface area (Å²) < 4.78 is 31.6. The zero-order valence-electron chi connectivity index (χ0n) is 8.09. The highest BCUT2D eigenvalue weighted by Gasteiger charge is 1.92. The molecule has 80 valence electrons. The van der Waals surface area contributed by atoms with E-state index in [-0.39, 0.29) is 0 Å². The zero-order valence-corrected chi connectivity index (χ0v) is 8.91. The molecule has 2 N–H and O–H groups in total. The fourth-order valence-corrected chi connectivity index (χ4v) is 0.658. The van der Waals surface area contributed by atoms with Crippen LogP contribution >= 0.6 is 0 Å². The molecule has 1 rings (SSSR count). The number of aromatic nitrogens is 2. The van der Waals surface area contributed by atoms with Crippen LogP contribution in [0.15, 0.2) is 6.20 Å². The standard InChI is InChI=1S/C7H10N2.H2O4S/c1-5-4-8-6(2)7(3)9-5;1-5(2,3)4/h4H,1-3H3;(H2,1,2,3,4). The maximum Gasteiger partial charge on any atom is 0.394 e. The van der Waals surface area contributed by atoms with E-state index in [1.807, 2.05) is 20.8 Å². The van der Waals surface area contributed by atoms with E-state index in [2.05, 4.69) is 9.97 Å². The molecule has 0 unspecified atom stereocenters. The van der Waals surface area contributed by atoms with Crippen molar-refractivity contribution in [2.24, 2.45) is 0 Å². The van der Waals surface area contributed by atoms with E-state index in [0.717, 1.165) is 17.1 Å². The Hall–Kier alpha value is -1.05. The monoisotopic (exact) mass is 220 g/mol. The molecular formula is C7H12N2O4S. The van der Waals surface area contributed by atoms with Crippen molar-refractivity contribution in [3.63, 3.8) is 0 Å². The lowest BCUT2D eigenvalue weighted by atomic mass is 10.3. The molecule has 14 heavy (non-hydrogen) atoms. The van der Waals surface area contributed by atoms with Crippen LogP contribution in [0.3, 0.4) is 0 Å². The van der Waals surface area contributed by atoms with Crippen LogP contribution in [0, 0.1) is 20.8 Å². The van der Waals surface area contributed by atoms with Gasteiger partial charge in [-0.2, -0.15) is 8.42 Å². The van der Waals surface area contributed by atoms with Gasteiger partial charge in [0.2, 0.25) is 0 Å². The lowest BCUT2D eigenvalue weighted by molar-refractivity contribution is 0.381. The molecule has 0 spiro atoms. The summed E-state index contributed by atoms with van der Waals surface area (Å²) in [6.45, 7) is 5.87. The molecule has 1 heterocycles. The van der Waals surface area contributed by atoms with Crippen molar-refractivity contribution in [1.82, 2.24) is 9.97 Å². The van der Waals surface area contributed by atoms with Crippen LogP contribution in [0.5, 0.6) is 0 Å². The first-order valence-electron chi connectivity index (χ1n) is 3.67. The summed E-state index contributed by atoms with van der Waals surface area (Å²) in [5.74, 6) is 0. The maximum atomic E-state index is 8.74. The van der Waals surface area contributed by atoms with Crippen LogP contribution < -0.4 is 0 Å². The van der Waals surface area contributed by atoms with Gasteiger partial charge in [0.05, 0.1) is 17.1 Å². The van der Waals surface area contributed by atoms with Gasteiger partial charge >= 0.3 is 10.4 Å². The third kappa shape index (κ3) is 7.59. The van der Waals surface area contributed by atoms with Crippen molar-refractivity contribution in [3.8, 4) is 0 Å². The molecule has 0 fully saturated rings. The number of hydrogen-bond acceptors (Lipinski definition) is 4. The van der Waals surface area contributed by atoms with Gasteiger partial charge in [0, 0.05) is 6.20 Å².